The van der Waals surface area contributed by atoms with Gasteiger partial charge in [0, 0.05) is 13.2 Å². The van der Waals surface area contributed by atoms with Gasteiger partial charge in [-0.15, -0.1) is 5.10 Å². The van der Waals surface area contributed by atoms with E-state index in [4.69, 9.17) is 15.1 Å². The summed E-state index contributed by atoms with van der Waals surface area (Å²) in [5.41, 5.74) is 0.573. The number of ether oxygens (including phenoxy) is 1. The number of aliphatic hydroxyl groups excluding tert-OH is 1. The Morgan fingerprint density at radius 3 is 3.28 bits per heavy atom. The number of hydrogen-bond donors (Lipinski definition) is 2. The summed E-state index contributed by atoms with van der Waals surface area (Å²) < 4.78 is 7.00. The fraction of sp³-hybridized carbons (Fsp3) is 0.727. The van der Waals surface area contributed by atoms with Gasteiger partial charge >= 0.3 is 0 Å². The zero-order chi connectivity index (χ0) is 12.8. The van der Waals surface area contributed by atoms with Crippen LogP contribution >= 0.6 is 0 Å². The number of aliphatic hydroxyl groups is 1. The molecule has 2 heterocycles. The molecule has 1 aromatic rings. The van der Waals surface area contributed by atoms with Crippen molar-refractivity contribution in [3.05, 3.63) is 11.9 Å². The Balaban J connectivity index is 1.88. The summed E-state index contributed by atoms with van der Waals surface area (Å²) in [6.07, 6.45) is 3.97. The van der Waals surface area contributed by atoms with Gasteiger partial charge in [0.25, 0.3) is 0 Å². The highest BCUT2D eigenvalue weighted by molar-refractivity contribution is 5.10. The highest BCUT2D eigenvalue weighted by atomic mass is 16.5. The van der Waals surface area contributed by atoms with E-state index in [1.165, 1.54) is 4.68 Å². The lowest BCUT2D eigenvalue weighted by Crippen LogP contribution is -2.29. The van der Waals surface area contributed by atoms with Crippen molar-refractivity contribution in [1.82, 2.24) is 20.3 Å². The Kier molecular flexibility index (Phi) is 4.64. The quantitative estimate of drug-likeness (QED) is 0.714. The molecule has 1 aromatic heterocycles. The van der Waals surface area contributed by atoms with Crippen molar-refractivity contribution in [3.8, 4) is 6.07 Å². The summed E-state index contributed by atoms with van der Waals surface area (Å²) in [5.74, 6) is 0. The summed E-state index contributed by atoms with van der Waals surface area (Å²) >= 11 is 0. The molecule has 7 nitrogen and oxygen atoms in total. The molecule has 0 bridgehead atoms. The normalized spacial score (nSPS) is 20.8. The van der Waals surface area contributed by atoms with Crippen molar-refractivity contribution in [2.45, 2.75) is 31.5 Å². The van der Waals surface area contributed by atoms with Crippen LogP contribution in [-0.4, -0.2) is 46.0 Å². The largest absolute Gasteiger partial charge is 0.394 e. The minimum Gasteiger partial charge on any atom is -0.394 e. The molecule has 0 radical (unpaired) electrons. The Labute approximate surface area is 105 Å². The zero-order valence-electron chi connectivity index (χ0n) is 10.1. The third kappa shape index (κ3) is 3.26. The smallest absolute Gasteiger partial charge is 0.142 e. The van der Waals surface area contributed by atoms with Crippen LogP contribution in [0, 0.1) is 11.3 Å². The minimum absolute atomic E-state index is 0.00334. The predicted molar refractivity (Wildman–Crippen MR) is 62.4 cm³/mol. The molecule has 2 atom stereocenters. The van der Waals surface area contributed by atoms with Gasteiger partial charge < -0.3 is 9.84 Å². The second-order valence-electron chi connectivity index (χ2n) is 4.24. The van der Waals surface area contributed by atoms with E-state index >= 15 is 0 Å². The maximum Gasteiger partial charge on any atom is 0.142 e. The molecular formula is C11H17N5O2. The van der Waals surface area contributed by atoms with E-state index < -0.39 is 6.04 Å². The molecule has 0 spiro atoms. The average Bonchev–Trinajstić information content (AvgIpc) is 3.02. The van der Waals surface area contributed by atoms with E-state index in [2.05, 4.69) is 21.7 Å². The van der Waals surface area contributed by atoms with Gasteiger partial charge in [-0.2, -0.15) is 5.26 Å². The Bertz CT molecular complexity index is 408. The topological polar surface area (TPSA) is 96.0 Å². The molecule has 98 valence electrons. The Hall–Kier alpha value is -1.49. The Morgan fingerprint density at radius 2 is 2.61 bits per heavy atom. The first-order chi connectivity index (χ1) is 8.83. The van der Waals surface area contributed by atoms with Gasteiger partial charge in [-0.3, -0.25) is 5.32 Å². The molecule has 1 aliphatic heterocycles. The molecular weight excluding hydrogens is 234 g/mol. The summed E-state index contributed by atoms with van der Waals surface area (Å²) in [5, 5.41) is 28.8. The number of aromatic nitrogens is 3. The molecule has 1 saturated heterocycles. The molecule has 1 fully saturated rings. The standard InChI is InChI=1S/C11H17N5O2/c12-6-10(13-7-9-2-1-5-18-9)11-8-16(3-4-17)15-14-11/h8-10,13,17H,1-5,7H2. The fourth-order valence-corrected chi connectivity index (χ4v) is 1.93. The number of nitriles is 1. The monoisotopic (exact) mass is 251 g/mol. The summed E-state index contributed by atoms with van der Waals surface area (Å²) in [7, 11) is 0. The van der Waals surface area contributed by atoms with E-state index in [0.717, 1.165) is 19.4 Å². The van der Waals surface area contributed by atoms with Gasteiger partial charge in [-0.05, 0) is 12.8 Å². The van der Waals surface area contributed by atoms with Gasteiger partial charge in [0.15, 0.2) is 0 Å². The van der Waals surface area contributed by atoms with Crippen molar-refractivity contribution in [3.63, 3.8) is 0 Å². The number of nitrogens with zero attached hydrogens (tertiary/aromatic N) is 4. The second kappa shape index (κ2) is 6.44. The van der Waals surface area contributed by atoms with Gasteiger partial charge in [-0.25, -0.2) is 4.68 Å². The van der Waals surface area contributed by atoms with Gasteiger partial charge in [0.05, 0.1) is 31.5 Å². The van der Waals surface area contributed by atoms with Crippen molar-refractivity contribution < 1.29 is 9.84 Å². The maximum atomic E-state index is 9.11. The third-order valence-corrected chi connectivity index (χ3v) is 2.88. The number of rotatable bonds is 6. The molecule has 0 aliphatic carbocycles. The fourth-order valence-electron chi connectivity index (χ4n) is 1.93. The van der Waals surface area contributed by atoms with Crippen LogP contribution in [0.5, 0.6) is 0 Å². The van der Waals surface area contributed by atoms with E-state index in [1.807, 2.05) is 0 Å². The summed E-state index contributed by atoms with van der Waals surface area (Å²) in [6.45, 7) is 1.83. The highest BCUT2D eigenvalue weighted by Gasteiger charge is 2.19. The predicted octanol–water partition coefficient (Wildman–Crippen LogP) is -0.396. The molecule has 2 N–H and O–H groups in total. The van der Waals surface area contributed by atoms with Crippen molar-refractivity contribution in [2.24, 2.45) is 0 Å². The maximum absolute atomic E-state index is 9.11. The Morgan fingerprint density at radius 1 is 1.72 bits per heavy atom. The van der Waals surface area contributed by atoms with Crippen LogP contribution in [0.3, 0.4) is 0 Å². The second-order valence-corrected chi connectivity index (χ2v) is 4.24. The molecule has 2 unspecified atom stereocenters. The van der Waals surface area contributed by atoms with Crippen LogP contribution in [0.4, 0.5) is 0 Å². The molecule has 2 rings (SSSR count). The lowest BCUT2D eigenvalue weighted by atomic mass is 10.2. The number of hydrogen-bond acceptors (Lipinski definition) is 6. The zero-order valence-corrected chi connectivity index (χ0v) is 10.1. The lowest BCUT2D eigenvalue weighted by Gasteiger charge is -2.13. The SMILES string of the molecule is N#CC(NCC1CCCO1)c1cn(CCO)nn1. The first-order valence-corrected chi connectivity index (χ1v) is 6.09. The number of nitrogens with one attached hydrogen (secondary N) is 1. The van der Waals surface area contributed by atoms with Crippen molar-refractivity contribution in [2.75, 3.05) is 19.8 Å². The van der Waals surface area contributed by atoms with Crippen LogP contribution in [0.25, 0.3) is 0 Å². The van der Waals surface area contributed by atoms with Gasteiger partial charge in [-0.1, -0.05) is 5.21 Å². The molecule has 1 aliphatic rings. The van der Waals surface area contributed by atoms with Gasteiger partial charge in [0.2, 0.25) is 0 Å². The van der Waals surface area contributed by atoms with Crippen LogP contribution in [0.1, 0.15) is 24.6 Å². The molecule has 18 heavy (non-hydrogen) atoms. The summed E-state index contributed by atoms with van der Waals surface area (Å²) in [6, 6.07) is 1.67. The minimum atomic E-state index is -0.485. The van der Waals surface area contributed by atoms with Crippen LogP contribution in [0.2, 0.25) is 0 Å². The molecule has 0 saturated carbocycles. The average molecular weight is 251 g/mol. The molecule has 0 aromatic carbocycles. The lowest BCUT2D eigenvalue weighted by molar-refractivity contribution is 0.109. The first kappa shape index (κ1) is 13.0. The van der Waals surface area contributed by atoms with Crippen molar-refractivity contribution in [1.29, 1.82) is 5.26 Å². The molecule has 7 heteroatoms. The van der Waals surface area contributed by atoms with Crippen molar-refractivity contribution >= 4 is 0 Å². The van der Waals surface area contributed by atoms with E-state index in [1.54, 1.807) is 6.20 Å². The van der Waals surface area contributed by atoms with E-state index in [9.17, 15) is 0 Å². The van der Waals surface area contributed by atoms with Crippen LogP contribution in [0.15, 0.2) is 6.20 Å². The third-order valence-electron chi connectivity index (χ3n) is 2.88. The highest BCUT2D eigenvalue weighted by Crippen LogP contribution is 2.13. The first-order valence-electron chi connectivity index (χ1n) is 6.09. The van der Waals surface area contributed by atoms with E-state index in [0.29, 0.717) is 18.8 Å². The van der Waals surface area contributed by atoms with Crippen LogP contribution in [-0.2, 0) is 11.3 Å². The van der Waals surface area contributed by atoms with Gasteiger partial charge in [0.1, 0.15) is 11.7 Å². The van der Waals surface area contributed by atoms with Crippen LogP contribution < -0.4 is 5.32 Å². The van der Waals surface area contributed by atoms with E-state index in [-0.39, 0.29) is 12.7 Å². The molecule has 0 amide bonds. The summed E-state index contributed by atoms with van der Waals surface area (Å²) in [4.78, 5) is 0.